The van der Waals surface area contributed by atoms with Gasteiger partial charge in [-0.1, -0.05) is 22.0 Å². The smallest absolute Gasteiger partial charge is 0.124 e. The van der Waals surface area contributed by atoms with Gasteiger partial charge in [-0.15, -0.1) is 0 Å². The van der Waals surface area contributed by atoms with Crippen LogP contribution < -0.4 is 5.32 Å². The molecule has 3 nitrogen and oxygen atoms in total. The average Bonchev–Trinajstić information content (AvgIpc) is 2.58. The van der Waals surface area contributed by atoms with Crippen LogP contribution in [0.4, 0.5) is 10.1 Å². The highest BCUT2D eigenvalue weighted by Crippen LogP contribution is 2.21. The fourth-order valence-electron chi connectivity index (χ4n) is 1.66. The van der Waals surface area contributed by atoms with E-state index in [1.54, 1.807) is 6.07 Å². The molecule has 1 aromatic heterocycles. The average molecular weight is 298 g/mol. The minimum absolute atomic E-state index is 0.240. The maximum absolute atomic E-state index is 12.9. The second-order valence-electron chi connectivity index (χ2n) is 3.90. The van der Waals surface area contributed by atoms with E-state index in [1.807, 2.05) is 13.8 Å². The maximum atomic E-state index is 12.9. The first-order valence-corrected chi connectivity index (χ1v) is 6.06. The van der Waals surface area contributed by atoms with Gasteiger partial charge in [0, 0.05) is 11.0 Å². The highest BCUT2D eigenvalue weighted by atomic mass is 79.9. The summed E-state index contributed by atoms with van der Waals surface area (Å²) in [6.07, 6.45) is 0. The number of anilines is 1. The zero-order valence-electron chi connectivity index (χ0n) is 9.64. The van der Waals surface area contributed by atoms with Crippen molar-refractivity contribution >= 4 is 21.6 Å². The lowest BCUT2D eigenvalue weighted by atomic mass is 10.2. The summed E-state index contributed by atoms with van der Waals surface area (Å²) in [7, 11) is 0. The van der Waals surface area contributed by atoms with Crippen molar-refractivity contribution in [2.24, 2.45) is 0 Å². The zero-order chi connectivity index (χ0) is 12.4. The van der Waals surface area contributed by atoms with Crippen LogP contribution in [0.2, 0.25) is 0 Å². The van der Waals surface area contributed by atoms with Crippen molar-refractivity contribution in [2.45, 2.75) is 20.4 Å². The molecule has 90 valence electrons. The van der Waals surface area contributed by atoms with E-state index in [2.05, 4.69) is 31.4 Å². The topological polar surface area (TPSA) is 40.7 Å². The summed E-state index contributed by atoms with van der Waals surface area (Å²) in [5.41, 5.74) is 3.94. The van der Waals surface area contributed by atoms with Crippen molar-refractivity contribution in [3.63, 3.8) is 0 Å². The van der Waals surface area contributed by atoms with Gasteiger partial charge in [0.05, 0.1) is 17.1 Å². The number of aryl methyl sites for hydroxylation is 2. The predicted molar refractivity (Wildman–Crippen MR) is 69.5 cm³/mol. The van der Waals surface area contributed by atoms with Crippen molar-refractivity contribution < 1.29 is 4.39 Å². The largest absolute Gasteiger partial charge is 0.378 e. The molecular weight excluding hydrogens is 285 g/mol. The van der Waals surface area contributed by atoms with E-state index >= 15 is 0 Å². The molecule has 0 aliphatic heterocycles. The normalized spacial score (nSPS) is 10.6. The Bertz CT molecular complexity index is 517. The first-order chi connectivity index (χ1) is 8.08. The first kappa shape index (κ1) is 12.1. The third-order valence-corrected chi connectivity index (χ3v) is 3.34. The predicted octanol–water partition coefficient (Wildman–Crippen LogP) is 3.54. The van der Waals surface area contributed by atoms with Gasteiger partial charge in [0.25, 0.3) is 0 Å². The number of hydrogen-bond donors (Lipinski definition) is 2. The molecular formula is C12H13BrFN3. The van der Waals surface area contributed by atoms with Gasteiger partial charge in [0.1, 0.15) is 5.82 Å². The van der Waals surface area contributed by atoms with Gasteiger partial charge in [-0.25, -0.2) is 4.39 Å². The third kappa shape index (κ3) is 2.66. The molecule has 0 radical (unpaired) electrons. The lowest BCUT2D eigenvalue weighted by Crippen LogP contribution is -2.02. The van der Waals surface area contributed by atoms with Crippen molar-refractivity contribution in [2.75, 3.05) is 5.32 Å². The van der Waals surface area contributed by atoms with E-state index in [0.717, 1.165) is 27.1 Å². The van der Waals surface area contributed by atoms with Crippen LogP contribution in [0.25, 0.3) is 0 Å². The van der Waals surface area contributed by atoms with Crippen LogP contribution in [0.1, 0.15) is 17.0 Å². The van der Waals surface area contributed by atoms with Crippen LogP contribution in [-0.2, 0) is 6.54 Å². The van der Waals surface area contributed by atoms with Gasteiger partial charge in [0.15, 0.2) is 0 Å². The number of rotatable bonds is 3. The monoisotopic (exact) mass is 297 g/mol. The van der Waals surface area contributed by atoms with Crippen molar-refractivity contribution in [1.82, 2.24) is 10.2 Å². The van der Waals surface area contributed by atoms with E-state index < -0.39 is 0 Å². The molecule has 0 aliphatic rings. The summed E-state index contributed by atoms with van der Waals surface area (Å²) in [4.78, 5) is 0. The van der Waals surface area contributed by atoms with Gasteiger partial charge < -0.3 is 5.32 Å². The summed E-state index contributed by atoms with van der Waals surface area (Å²) < 4.78 is 13.7. The Balaban J connectivity index is 2.13. The van der Waals surface area contributed by atoms with Crippen LogP contribution in [0.3, 0.4) is 0 Å². The second-order valence-corrected chi connectivity index (χ2v) is 4.75. The summed E-state index contributed by atoms with van der Waals surface area (Å²) >= 11 is 3.34. The van der Waals surface area contributed by atoms with Crippen molar-refractivity contribution in [1.29, 1.82) is 0 Å². The van der Waals surface area contributed by atoms with Crippen LogP contribution >= 0.6 is 15.9 Å². The molecule has 2 aromatic rings. The fraction of sp³-hybridized carbons (Fsp3) is 0.250. The Morgan fingerprint density at radius 1 is 1.41 bits per heavy atom. The SMILES string of the molecule is Cc1n[nH]c(C)c1NCc1ccc(F)cc1Br. The Labute approximate surface area is 108 Å². The second kappa shape index (κ2) is 4.87. The van der Waals surface area contributed by atoms with Gasteiger partial charge in [-0.05, 0) is 31.5 Å². The highest BCUT2D eigenvalue weighted by Gasteiger charge is 2.07. The molecule has 0 fully saturated rings. The molecule has 0 saturated carbocycles. The standard InChI is InChI=1S/C12H13BrFN3/c1-7-12(8(2)17-16-7)15-6-9-3-4-10(14)5-11(9)13/h3-5,15H,6H2,1-2H3,(H,16,17). The van der Waals surface area contributed by atoms with Crippen LogP contribution in [-0.4, -0.2) is 10.2 Å². The van der Waals surface area contributed by atoms with Crippen molar-refractivity contribution in [3.05, 3.63) is 45.4 Å². The highest BCUT2D eigenvalue weighted by molar-refractivity contribution is 9.10. The van der Waals surface area contributed by atoms with E-state index in [0.29, 0.717) is 6.54 Å². The van der Waals surface area contributed by atoms with E-state index in [9.17, 15) is 4.39 Å². The Kier molecular flexibility index (Phi) is 3.47. The molecule has 0 bridgehead atoms. The summed E-state index contributed by atoms with van der Waals surface area (Å²) in [5, 5.41) is 10.3. The number of nitrogens with one attached hydrogen (secondary N) is 2. The Morgan fingerprint density at radius 3 is 2.76 bits per heavy atom. The molecule has 0 atom stereocenters. The number of nitrogens with zero attached hydrogens (tertiary/aromatic N) is 1. The molecule has 0 aliphatic carbocycles. The van der Waals surface area contributed by atoms with Gasteiger partial charge >= 0.3 is 0 Å². The lowest BCUT2D eigenvalue weighted by molar-refractivity contribution is 0.626. The summed E-state index contributed by atoms with van der Waals surface area (Å²) in [5.74, 6) is -0.240. The lowest BCUT2D eigenvalue weighted by Gasteiger charge is -2.08. The quantitative estimate of drug-likeness (QED) is 0.910. The molecule has 1 heterocycles. The maximum Gasteiger partial charge on any atom is 0.124 e. The number of benzene rings is 1. The molecule has 0 unspecified atom stereocenters. The Hall–Kier alpha value is -1.36. The minimum atomic E-state index is -0.240. The molecule has 2 rings (SSSR count). The van der Waals surface area contributed by atoms with E-state index in [-0.39, 0.29) is 5.82 Å². The molecule has 0 spiro atoms. The molecule has 17 heavy (non-hydrogen) atoms. The molecule has 0 amide bonds. The third-order valence-electron chi connectivity index (χ3n) is 2.60. The van der Waals surface area contributed by atoms with Gasteiger partial charge in [-0.3, -0.25) is 5.10 Å². The number of aromatic nitrogens is 2. The molecule has 2 N–H and O–H groups in total. The van der Waals surface area contributed by atoms with E-state index in [4.69, 9.17) is 0 Å². The molecule has 5 heteroatoms. The zero-order valence-corrected chi connectivity index (χ0v) is 11.2. The van der Waals surface area contributed by atoms with Gasteiger partial charge in [-0.2, -0.15) is 5.10 Å². The molecule has 1 aromatic carbocycles. The van der Waals surface area contributed by atoms with Crippen LogP contribution in [0.15, 0.2) is 22.7 Å². The molecule has 0 saturated heterocycles. The summed E-state index contributed by atoms with van der Waals surface area (Å²) in [6.45, 7) is 4.52. The first-order valence-electron chi connectivity index (χ1n) is 5.27. The Morgan fingerprint density at radius 2 is 2.18 bits per heavy atom. The number of aromatic amines is 1. The number of halogens is 2. The summed E-state index contributed by atoms with van der Waals surface area (Å²) in [6, 6.07) is 4.68. The van der Waals surface area contributed by atoms with Crippen LogP contribution in [0, 0.1) is 19.7 Å². The van der Waals surface area contributed by atoms with Gasteiger partial charge in [0.2, 0.25) is 0 Å². The number of H-pyrrole nitrogens is 1. The fourth-order valence-corrected chi connectivity index (χ4v) is 2.15. The van der Waals surface area contributed by atoms with Crippen LogP contribution in [0.5, 0.6) is 0 Å². The van der Waals surface area contributed by atoms with Crippen molar-refractivity contribution in [3.8, 4) is 0 Å². The van der Waals surface area contributed by atoms with E-state index in [1.165, 1.54) is 12.1 Å². The number of hydrogen-bond acceptors (Lipinski definition) is 2. The minimum Gasteiger partial charge on any atom is -0.378 e.